The number of aromatic carboxylic acids is 1. The van der Waals surface area contributed by atoms with Gasteiger partial charge in [-0.25, -0.2) is 4.79 Å². The minimum absolute atomic E-state index is 0.000676. The Labute approximate surface area is 105 Å². The zero-order valence-corrected chi connectivity index (χ0v) is 10.5. The molecule has 0 fully saturated rings. The highest BCUT2D eigenvalue weighted by atomic mass is 16.5. The van der Waals surface area contributed by atoms with E-state index in [4.69, 9.17) is 14.3 Å². The highest BCUT2D eigenvalue weighted by molar-refractivity contribution is 5.88. The minimum atomic E-state index is -1.04. The van der Waals surface area contributed by atoms with Gasteiger partial charge >= 0.3 is 5.97 Å². The van der Waals surface area contributed by atoms with Crippen molar-refractivity contribution in [3.05, 3.63) is 23.2 Å². The van der Waals surface area contributed by atoms with Crippen LogP contribution in [0.15, 0.2) is 10.5 Å². The first-order valence-corrected chi connectivity index (χ1v) is 5.71. The van der Waals surface area contributed by atoms with E-state index in [0.29, 0.717) is 18.1 Å². The van der Waals surface area contributed by atoms with Crippen LogP contribution in [0, 0.1) is 6.92 Å². The van der Waals surface area contributed by atoms with Gasteiger partial charge in [0.1, 0.15) is 23.7 Å². The van der Waals surface area contributed by atoms with Crippen LogP contribution in [-0.4, -0.2) is 30.2 Å². The Kier molecular flexibility index (Phi) is 5.38. The van der Waals surface area contributed by atoms with Gasteiger partial charge in [-0.2, -0.15) is 0 Å². The molecular formula is C12H17NO5. The molecule has 0 spiro atoms. The monoisotopic (exact) mass is 255 g/mol. The van der Waals surface area contributed by atoms with E-state index in [1.54, 1.807) is 6.92 Å². The highest BCUT2D eigenvalue weighted by Gasteiger charge is 2.13. The number of carboxylic acid groups (broad SMARTS) is 1. The molecule has 1 heterocycles. The summed E-state index contributed by atoms with van der Waals surface area (Å²) < 4.78 is 10.3. The summed E-state index contributed by atoms with van der Waals surface area (Å²) in [6.07, 6.45) is 0.854. The van der Waals surface area contributed by atoms with Crippen molar-refractivity contribution in [3.63, 3.8) is 0 Å². The number of rotatable bonds is 7. The Morgan fingerprint density at radius 1 is 1.50 bits per heavy atom. The summed E-state index contributed by atoms with van der Waals surface area (Å²) in [6, 6.07) is 1.41. The fourth-order valence-corrected chi connectivity index (χ4v) is 1.39. The van der Waals surface area contributed by atoms with Crippen LogP contribution in [-0.2, 0) is 16.1 Å². The Balaban J connectivity index is 2.41. The lowest BCUT2D eigenvalue weighted by Crippen LogP contribution is -2.27. The number of carbonyl (C=O) groups is 2. The largest absolute Gasteiger partial charge is 0.478 e. The van der Waals surface area contributed by atoms with Crippen molar-refractivity contribution in [1.82, 2.24) is 5.32 Å². The number of aryl methyl sites for hydroxylation is 1. The summed E-state index contributed by atoms with van der Waals surface area (Å²) in [4.78, 5) is 22.1. The zero-order valence-electron chi connectivity index (χ0n) is 10.5. The average molecular weight is 255 g/mol. The van der Waals surface area contributed by atoms with Crippen molar-refractivity contribution in [2.45, 2.75) is 26.8 Å². The maximum absolute atomic E-state index is 11.3. The van der Waals surface area contributed by atoms with Gasteiger partial charge in [0.15, 0.2) is 0 Å². The molecule has 0 aliphatic rings. The maximum Gasteiger partial charge on any atom is 0.339 e. The van der Waals surface area contributed by atoms with Crippen molar-refractivity contribution in [2.75, 3.05) is 13.2 Å². The Hall–Kier alpha value is -1.82. The van der Waals surface area contributed by atoms with Gasteiger partial charge in [0, 0.05) is 6.61 Å². The lowest BCUT2D eigenvalue weighted by atomic mass is 10.2. The molecular weight excluding hydrogens is 238 g/mol. The molecule has 100 valence electrons. The number of hydrogen-bond acceptors (Lipinski definition) is 4. The van der Waals surface area contributed by atoms with Crippen LogP contribution >= 0.6 is 0 Å². The SMILES string of the molecule is CCCOCC(=O)NCc1cc(C(=O)O)c(C)o1. The van der Waals surface area contributed by atoms with Crippen LogP contribution in [0.4, 0.5) is 0 Å². The topological polar surface area (TPSA) is 88.8 Å². The Morgan fingerprint density at radius 3 is 2.78 bits per heavy atom. The average Bonchev–Trinajstić information content (AvgIpc) is 2.68. The van der Waals surface area contributed by atoms with Crippen LogP contribution in [0.5, 0.6) is 0 Å². The van der Waals surface area contributed by atoms with Crippen LogP contribution in [0.2, 0.25) is 0 Å². The summed E-state index contributed by atoms with van der Waals surface area (Å²) in [7, 11) is 0. The molecule has 1 amide bonds. The van der Waals surface area contributed by atoms with E-state index in [-0.39, 0.29) is 24.6 Å². The summed E-state index contributed by atoms with van der Waals surface area (Å²) in [5, 5.41) is 11.4. The molecule has 18 heavy (non-hydrogen) atoms. The molecule has 2 N–H and O–H groups in total. The van der Waals surface area contributed by atoms with Gasteiger partial charge in [-0.1, -0.05) is 6.92 Å². The molecule has 1 aromatic heterocycles. The number of ether oxygens (including phenoxy) is 1. The molecule has 6 nitrogen and oxygen atoms in total. The second-order valence-electron chi connectivity index (χ2n) is 3.82. The fourth-order valence-electron chi connectivity index (χ4n) is 1.39. The number of carboxylic acids is 1. The van der Waals surface area contributed by atoms with E-state index in [0.717, 1.165) is 6.42 Å². The second-order valence-corrected chi connectivity index (χ2v) is 3.82. The van der Waals surface area contributed by atoms with E-state index >= 15 is 0 Å². The second kappa shape index (κ2) is 6.80. The van der Waals surface area contributed by atoms with Crippen LogP contribution in [0.25, 0.3) is 0 Å². The molecule has 0 bridgehead atoms. The zero-order chi connectivity index (χ0) is 13.5. The third-order valence-electron chi connectivity index (χ3n) is 2.24. The number of furan rings is 1. The molecule has 0 aromatic carbocycles. The van der Waals surface area contributed by atoms with Gasteiger partial charge < -0.3 is 19.6 Å². The summed E-state index contributed by atoms with van der Waals surface area (Å²) >= 11 is 0. The van der Waals surface area contributed by atoms with Crippen LogP contribution in [0.3, 0.4) is 0 Å². The number of hydrogen-bond donors (Lipinski definition) is 2. The molecule has 0 aliphatic heterocycles. The van der Waals surface area contributed by atoms with Gasteiger partial charge in [-0.05, 0) is 19.4 Å². The van der Waals surface area contributed by atoms with Crippen molar-refractivity contribution in [1.29, 1.82) is 0 Å². The predicted octanol–water partition coefficient (Wildman–Crippen LogP) is 1.33. The predicted molar refractivity (Wildman–Crippen MR) is 63.4 cm³/mol. The molecule has 0 atom stereocenters. The molecule has 0 saturated carbocycles. The van der Waals surface area contributed by atoms with Gasteiger partial charge in [-0.15, -0.1) is 0 Å². The third kappa shape index (κ3) is 4.21. The van der Waals surface area contributed by atoms with Crippen molar-refractivity contribution >= 4 is 11.9 Å². The van der Waals surface area contributed by atoms with E-state index in [9.17, 15) is 9.59 Å². The van der Waals surface area contributed by atoms with E-state index in [1.165, 1.54) is 6.07 Å². The number of nitrogens with one attached hydrogen (secondary N) is 1. The molecule has 1 aromatic rings. The van der Waals surface area contributed by atoms with Gasteiger partial charge in [-0.3, -0.25) is 4.79 Å². The van der Waals surface area contributed by atoms with Crippen molar-refractivity contribution in [2.24, 2.45) is 0 Å². The number of carbonyl (C=O) groups excluding carboxylic acids is 1. The minimum Gasteiger partial charge on any atom is -0.478 e. The van der Waals surface area contributed by atoms with Crippen LogP contribution in [0.1, 0.15) is 35.2 Å². The molecule has 0 saturated heterocycles. The highest BCUT2D eigenvalue weighted by Crippen LogP contribution is 2.14. The fraction of sp³-hybridized carbons (Fsp3) is 0.500. The molecule has 0 aliphatic carbocycles. The van der Waals surface area contributed by atoms with Gasteiger partial charge in [0.05, 0.1) is 6.54 Å². The molecule has 0 radical (unpaired) electrons. The standard InChI is InChI=1S/C12H17NO5/c1-3-4-17-7-11(14)13-6-9-5-10(12(15)16)8(2)18-9/h5H,3-4,6-7H2,1-2H3,(H,13,14)(H,15,16). The quantitative estimate of drug-likeness (QED) is 0.717. The van der Waals surface area contributed by atoms with Crippen molar-refractivity contribution < 1.29 is 23.8 Å². The molecule has 0 unspecified atom stereocenters. The Morgan fingerprint density at radius 2 is 2.22 bits per heavy atom. The first-order chi connectivity index (χ1) is 8.54. The summed E-state index contributed by atoms with van der Waals surface area (Å²) in [6.45, 7) is 4.22. The Bertz CT molecular complexity index is 424. The van der Waals surface area contributed by atoms with E-state index in [2.05, 4.69) is 5.32 Å². The lowest BCUT2D eigenvalue weighted by molar-refractivity contribution is -0.125. The van der Waals surface area contributed by atoms with E-state index in [1.807, 2.05) is 6.92 Å². The first-order valence-electron chi connectivity index (χ1n) is 5.71. The first kappa shape index (κ1) is 14.2. The number of amides is 1. The third-order valence-corrected chi connectivity index (χ3v) is 2.24. The molecule has 1 rings (SSSR count). The smallest absolute Gasteiger partial charge is 0.339 e. The maximum atomic E-state index is 11.3. The lowest BCUT2D eigenvalue weighted by Gasteiger charge is -2.03. The summed E-state index contributed by atoms with van der Waals surface area (Å²) in [5.74, 6) is -0.558. The van der Waals surface area contributed by atoms with Crippen molar-refractivity contribution in [3.8, 4) is 0 Å². The van der Waals surface area contributed by atoms with Gasteiger partial charge in [0.2, 0.25) is 5.91 Å². The van der Waals surface area contributed by atoms with E-state index < -0.39 is 5.97 Å². The molecule has 6 heteroatoms. The normalized spacial score (nSPS) is 10.3. The summed E-state index contributed by atoms with van der Waals surface area (Å²) in [5.41, 5.74) is 0.112. The van der Waals surface area contributed by atoms with Crippen LogP contribution < -0.4 is 5.32 Å². The van der Waals surface area contributed by atoms with Gasteiger partial charge in [0.25, 0.3) is 0 Å².